The number of fused-ring (bicyclic) bond motifs is 1. The average molecular weight is 584 g/mol. The van der Waals surface area contributed by atoms with Gasteiger partial charge in [0.15, 0.2) is 5.13 Å². The fraction of sp³-hybridized carbons (Fsp3) is 0.387. The minimum absolute atomic E-state index is 0. The quantitative estimate of drug-likeness (QED) is 0.288. The van der Waals surface area contributed by atoms with Gasteiger partial charge in [0.05, 0.1) is 32.4 Å². The molecule has 0 saturated heterocycles. The van der Waals surface area contributed by atoms with E-state index in [0.29, 0.717) is 22.3 Å². The van der Waals surface area contributed by atoms with Crippen molar-refractivity contribution in [2.45, 2.75) is 58.4 Å². The number of hydrogen-bond acceptors (Lipinski definition) is 7. The summed E-state index contributed by atoms with van der Waals surface area (Å²) in [5.41, 5.74) is 3.42. The van der Waals surface area contributed by atoms with Gasteiger partial charge in [0.2, 0.25) is 0 Å². The summed E-state index contributed by atoms with van der Waals surface area (Å²) < 4.78 is 12.8. The topological polar surface area (TPSA) is 106 Å². The van der Waals surface area contributed by atoms with E-state index in [1.165, 1.54) is 48.0 Å². The minimum atomic E-state index is -1.27. The van der Waals surface area contributed by atoms with E-state index < -0.39 is 18.4 Å². The first-order valence-corrected chi connectivity index (χ1v) is 14.5. The van der Waals surface area contributed by atoms with Gasteiger partial charge in [-0.2, -0.15) is 0 Å². The maximum atomic E-state index is 13.5. The van der Waals surface area contributed by atoms with Gasteiger partial charge in [-0.3, -0.25) is 10.1 Å². The fourth-order valence-electron chi connectivity index (χ4n) is 5.69. The number of carbonyl (C=O) groups is 2. The third-order valence-corrected chi connectivity index (χ3v) is 8.76. The van der Waals surface area contributed by atoms with Gasteiger partial charge in [0, 0.05) is 21.3 Å². The molecule has 10 heteroatoms. The Labute approximate surface area is 266 Å². The molecule has 0 radical (unpaired) electrons. The van der Waals surface area contributed by atoms with Crippen molar-refractivity contribution in [1.82, 2.24) is 9.55 Å². The molecule has 8 nitrogen and oxygen atoms in total. The Morgan fingerprint density at radius 1 is 1.07 bits per heavy atom. The van der Waals surface area contributed by atoms with Crippen LogP contribution in [0.3, 0.4) is 0 Å². The van der Waals surface area contributed by atoms with Crippen LogP contribution in [0.15, 0.2) is 42.5 Å². The number of aromatic nitrogens is 2. The molecule has 2 heterocycles. The Bertz CT molecular complexity index is 1540. The number of ether oxygens (including phenoxy) is 2. The standard InChI is InChI=1S/C31H35N3O5S.Na/c1-19-15-26(39-3)22(17-25(19)38-2)29-27(14-13-20-9-5-4-6-10-20)40-31(32-29)33-30(37)24-16-21-11-7-8-12-23(21)34(24)18-28(35)36;/h7-8,11-12,15-17,20H,4-6,9-10,13-14,18H2,1-3H3,(H,35,36)(H,32,33,37);/q;+1/p-1. The van der Waals surface area contributed by atoms with Crippen LogP contribution in [-0.2, 0) is 17.8 Å². The van der Waals surface area contributed by atoms with Gasteiger partial charge in [-0.05, 0) is 55.5 Å². The molecule has 2 aromatic heterocycles. The number of aliphatic carboxylic acids is 1. The Morgan fingerprint density at radius 3 is 2.51 bits per heavy atom. The number of hydrogen-bond donors (Lipinski definition) is 1. The van der Waals surface area contributed by atoms with Crippen molar-refractivity contribution in [2.75, 3.05) is 19.5 Å². The van der Waals surface area contributed by atoms with Crippen molar-refractivity contribution in [1.29, 1.82) is 0 Å². The molecule has 1 N–H and O–H groups in total. The van der Waals surface area contributed by atoms with Crippen molar-refractivity contribution in [2.24, 2.45) is 5.92 Å². The van der Waals surface area contributed by atoms with Gasteiger partial charge in [-0.1, -0.05) is 50.3 Å². The van der Waals surface area contributed by atoms with Crippen LogP contribution in [0, 0.1) is 12.8 Å². The molecular formula is C31H34N3NaO5S. The summed E-state index contributed by atoms with van der Waals surface area (Å²) in [5, 5.41) is 15.7. The van der Waals surface area contributed by atoms with Gasteiger partial charge in [-0.15, -0.1) is 11.3 Å². The second kappa shape index (κ2) is 13.9. The number of carboxylic acids is 1. The van der Waals surface area contributed by atoms with Crippen molar-refractivity contribution >= 4 is 39.2 Å². The number of rotatable bonds is 10. The summed E-state index contributed by atoms with van der Waals surface area (Å²) in [4.78, 5) is 30.9. The second-order valence-corrected chi connectivity index (χ2v) is 11.4. The normalized spacial score (nSPS) is 13.5. The van der Waals surface area contributed by atoms with Crippen molar-refractivity contribution < 1.29 is 53.7 Å². The molecule has 0 unspecified atom stereocenters. The molecule has 1 aliphatic carbocycles. The average Bonchev–Trinajstić information content (AvgIpc) is 3.53. The molecule has 41 heavy (non-hydrogen) atoms. The predicted molar refractivity (Wildman–Crippen MR) is 155 cm³/mol. The molecule has 0 aliphatic heterocycles. The summed E-state index contributed by atoms with van der Waals surface area (Å²) in [6.07, 6.45) is 8.29. The predicted octanol–water partition coefficient (Wildman–Crippen LogP) is 2.61. The van der Waals surface area contributed by atoms with Crippen LogP contribution < -0.4 is 49.5 Å². The van der Waals surface area contributed by atoms with E-state index in [2.05, 4.69) is 5.32 Å². The zero-order chi connectivity index (χ0) is 28.2. The number of nitrogens with one attached hydrogen (secondary N) is 1. The fourth-order valence-corrected chi connectivity index (χ4v) is 6.68. The van der Waals surface area contributed by atoms with Gasteiger partial charge in [-0.25, -0.2) is 4.98 Å². The van der Waals surface area contributed by atoms with Gasteiger partial charge in [0.25, 0.3) is 5.91 Å². The van der Waals surface area contributed by atoms with Crippen molar-refractivity contribution in [3.05, 3.63) is 58.6 Å². The zero-order valence-corrected chi connectivity index (χ0v) is 26.9. The number of para-hydroxylation sites is 1. The zero-order valence-electron chi connectivity index (χ0n) is 24.1. The van der Waals surface area contributed by atoms with Crippen LogP contribution in [0.1, 0.15) is 59.5 Å². The summed E-state index contributed by atoms with van der Waals surface area (Å²) in [5.74, 6) is 0.424. The number of nitrogens with zero attached hydrogens (tertiary/aromatic N) is 2. The molecular weight excluding hydrogens is 549 g/mol. The molecule has 0 bridgehead atoms. The van der Waals surface area contributed by atoms with Gasteiger partial charge >= 0.3 is 29.6 Å². The minimum Gasteiger partial charge on any atom is -0.548 e. The Kier molecular flexibility index (Phi) is 10.5. The first-order chi connectivity index (χ1) is 19.4. The third-order valence-electron chi connectivity index (χ3n) is 7.72. The number of methoxy groups -OCH3 is 2. The van der Waals surface area contributed by atoms with E-state index in [-0.39, 0.29) is 35.3 Å². The molecule has 4 aromatic rings. The first-order valence-electron chi connectivity index (χ1n) is 13.7. The Hall–Kier alpha value is -2.85. The molecule has 210 valence electrons. The molecule has 0 atom stereocenters. The summed E-state index contributed by atoms with van der Waals surface area (Å²) in [6.45, 7) is 1.54. The molecule has 1 fully saturated rings. The van der Waals surface area contributed by atoms with Crippen LogP contribution in [-0.4, -0.2) is 35.6 Å². The van der Waals surface area contributed by atoms with E-state index >= 15 is 0 Å². The third kappa shape index (κ3) is 6.97. The Morgan fingerprint density at radius 2 is 1.80 bits per heavy atom. The van der Waals surface area contributed by atoms with E-state index in [1.54, 1.807) is 26.4 Å². The monoisotopic (exact) mass is 583 g/mol. The second-order valence-electron chi connectivity index (χ2n) is 10.4. The van der Waals surface area contributed by atoms with Crippen molar-refractivity contribution in [3.63, 3.8) is 0 Å². The molecule has 5 rings (SSSR count). The van der Waals surface area contributed by atoms with Crippen LogP contribution in [0.25, 0.3) is 22.2 Å². The largest absolute Gasteiger partial charge is 1.00 e. The number of amides is 1. The number of carboxylic acid groups (broad SMARTS) is 1. The van der Waals surface area contributed by atoms with E-state index in [0.717, 1.165) is 45.7 Å². The SMILES string of the molecule is COc1cc(-c2nc(NC(=O)c3cc4ccccc4n3CC(=O)[O-])sc2CCC2CCCCC2)c(OC)cc1C.[Na+]. The smallest absolute Gasteiger partial charge is 0.548 e. The molecule has 1 saturated carbocycles. The van der Waals surface area contributed by atoms with E-state index in [9.17, 15) is 14.7 Å². The van der Waals surface area contributed by atoms with Crippen LogP contribution >= 0.6 is 11.3 Å². The maximum absolute atomic E-state index is 13.5. The van der Waals surface area contributed by atoms with E-state index in [4.69, 9.17) is 14.5 Å². The summed E-state index contributed by atoms with van der Waals surface area (Å²) in [6, 6.07) is 12.9. The maximum Gasteiger partial charge on any atom is 1.00 e. The van der Waals surface area contributed by atoms with Crippen molar-refractivity contribution in [3.8, 4) is 22.8 Å². The molecule has 1 amide bonds. The number of aryl methyl sites for hydroxylation is 2. The summed E-state index contributed by atoms with van der Waals surface area (Å²) >= 11 is 1.45. The number of benzene rings is 2. The molecule has 1 aliphatic rings. The van der Waals surface area contributed by atoms with Crippen LogP contribution in [0.4, 0.5) is 5.13 Å². The summed E-state index contributed by atoms with van der Waals surface area (Å²) in [7, 11) is 3.28. The number of anilines is 1. The van der Waals surface area contributed by atoms with Gasteiger partial charge < -0.3 is 23.9 Å². The van der Waals surface area contributed by atoms with E-state index in [1.807, 2.05) is 37.3 Å². The number of carbonyl (C=O) groups excluding carboxylic acids is 2. The molecule has 0 spiro atoms. The number of thiazole rings is 1. The van der Waals surface area contributed by atoms with Gasteiger partial charge in [0.1, 0.15) is 17.2 Å². The molecule has 2 aromatic carbocycles. The Balaban J connectivity index is 0.00000387. The van der Waals surface area contributed by atoms with Crippen LogP contribution in [0.5, 0.6) is 11.5 Å². The van der Waals surface area contributed by atoms with Crippen LogP contribution in [0.2, 0.25) is 0 Å². The first kappa shape index (κ1) is 31.1.